The summed E-state index contributed by atoms with van der Waals surface area (Å²) in [6.07, 6.45) is 3.45. The quantitative estimate of drug-likeness (QED) is 0.739. The van der Waals surface area contributed by atoms with E-state index in [4.69, 9.17) is 0 Å². The van der Waals surface area contributed by atoms with Gasteiger partial charge >= 0.3 is 0 Å². The van der Waals surface area contributed by atoms with E-state index in [1.54, 1.807) is 6.20 Å². The lowest BCUT2D eigenvalue weighted by molar-refractivity contribution is -0.136. The molecule has 4 heterocycles. The van der Waals surface area contributed by atoms with Gasteiger partial charge in [-0.2, -0.15) is 0 Å². The maximum Gasteiger partial charge on any atom is 0.262 e. The predicted molar refractivity (Wildman–Crippen MR) is 111 cm³/mol. The lowest BCUT2D eigenvalue weighted by Gasteiger charge is -2.33. The number of rotatable bonds is 3. The first kappa shape index (κ1) is 20.3. The van der Waals surface area contributed by atoms with Crippen molar-refractivity contribution in [2.24, 2.45) is 0 Å². The van der Waals surface area contributed by atoms with Gasteiger partial charge in [-0.3, -0.25) is 34.4 Å². The maximum absolute atomic E-state index is 15.0. The SMILES string of the molecule is O=C1CCC(N2C(=O)c3cc(F)c(N4CCC(c5ccccn5)CC4)cc3C2=O)C(=O)N1. The summed E-state index contributed by atoms with van der Waals surface area (Å²) >= 11 is 0. The highest BCUT2D eigenvalue weighted by Gasteiger charge is 2.45. The molecule has 3 aliphatic heterocycles. The molecular formula is C23H21FN4O4. The fraction of sp³-hybridized carbons (Fsp3) is 0.348. The standard InChI is InChI=1S/C23H21FN4O4/c24-16-11-14-15(23(32)28(22(14)31)18-4-5-20(29)26-21(18)30)12-19(16)27-9-6-13(7-10-27)17-3-1-2-8-25-17/h1-3,8,11-13,18H,4-7,9-10H2,(H,26,29,30). The Bertz CT molecular complexity index is 1130. The number of hydrogen-bond donors (Lipinski definition) is 1. The second-order valence-electron chi connectivity index (χ2n) is 8.31. The van der Waals surface area contributed by atoms with Crippen LogP contribution in [-0.4, -0.2) is 52.6 Å². The van der Waals surface area contributed by atoms with Gasteiger partial charge in [-0.15, -0.1) is 0 Å². The molecule has 164 valence electrons. The smallest absolute Gasteiger partial charge is 0.262 e. The zero-order valence-electron chi connectivity index (χ0n) is 17.2. The van der Waals surface area contributed by atoms with Crippen LogP contribution in [0, 0.1) is 5.82 Å². The Labute approximate surface area is 183 Å². The summed E-state index contributed by atoms with van der Waals surface area (Å²) in [7, 11) is 0. The first-order valence-corrected chi connectivity index (χ1v) is 10.6. The molecule has 2 fully saturated rings. The van der Waals surface area contributed by atoms with Crippen LogP contribution in [0.3, 0.4) is 0 Å². The zero-order valence-corrected chi connectivity index (χ0v) is 17.2. The monoisotopic (exact) mass is 436 g/mol. The highest BCUT2D eigenvalue weighted by atomic mass is 19.1. The van der Waals surface area contributed by atoms with Gasteiger partial charge in [-0.05, 0) is 43.5 Å². The Morgan fingerprint density at radius 3 is 2.34 bits per heavy atom. The summed E-state index contributed by atoms with van der Waals surface area (Å²) in [4.78, 5) is 56.6. The van der Waals surface area contributed by atoms with E-state index in [0.29, 0.717) is 13.1 Å². The molecule has 1 aromatic carbocycles. The van der Waals surface area contributed by atoms with Gasteiger partial charge in [0, 0.05) is 37.3 Å². The van der Waals surface area contributed by atoms with E-state index in [1.807, 2.05) is 23.1 Å². The second kappa shape index (κ2) is 7.81. The number of amides is 4. The van der Waals surface area contributed by atoms with Crippen LogP contribution in [0.5, 0.6) is 0 Å². The fourth-order valence-corrected chi connectivity index (χ4v) is 4.75. The van der Waals surface area contributed by atoms with Crippen molar-refractivity contribution in [3.05, 3.63) is 59.2 Å². The number of carbonyl (C=O) groups is 4. The van der Waals surface area contributed by atoms with Crippen molar-refractivity contribution in [3.8, 4) is 0 Å². The fourth-order valence-electron chi connectivity index (χ4n) is 4.75. The van der Waals surface area contributed by atoms with Crippen LogP contribution in [0.2, 0.25) is 0 Å². The number of halogens is 1. The van der Waals surface area contributed by atoms with Gasteiger partial charge in [-0.25, -0.2) is 4.39 Å². The molecule has 9 heteroatoms. The average molecular weight is 436 g/mol. The van der Waals surface area contributed by atoms with Crippen molar-refractivity contribution in [2.75, 3.05) is 18.0 Å². The molecule has 1 atom stereocenters. The third-order valence-electron chi connectivity index (χ3n) is 6.45. The summed E-state index contributed by atoms with van der Waals surface area (Å²) in [6, 6.07) is 7.24. The summed E-state index contributed by atoms with van der Waals surface area (Å²) in [5.74, 6) is -2.76. The molecule has 32 heavy (non-hydrogen) atoms. The predicted octanol–water partition coefficient (Wildman–Crippen LogP) is 2.01. The van der Waals surface area contributed by atoms with Crippen LogP contribution in [0.15, 0.2) is 36.5 Å². The molecule has 8 nitrogen and oxygen atoms in total. The van der Waals surface area contributed by atoms with E-state index >= 15 is 0 Å². The lowest BCUT2D eigenvalue weighted by atomic mass is 9.92. The first-order valence-electron chi connectivity index (χ1n) is 10.6. The van der Waals surface area contributed by atoms with Crippen molar-refractivity contribution in [1.29, 1.82) is 0 Å². The number of hydrogen-bond acceptors (Lipinski definition) is 6. The highest BCUT2D eigenvalue weighted by Crippen LogP contribution is 2.35. The Kier molecular flexibility index (Phi) is 4.96. The van der Waals surface area contributed by atoms with Gasteiger partial charge in [0.15, 0.2) is 0 Å². The first-order chi connectivity index (χ1) is 15.4. The minimum absolute atomic E-state index is 0.0363. The number of imide groups is 2. The minimum atomic E-state index is -1.07. The third kappa shape index (κ3) is 3.34. The summed E-state index contributed by atoms with van der Waals surface area (Å²) < 4.78 is 15.0. The van der Waals surface area contributed by atoms with Crippen LogP contribution in [-0.2, 0) is 9.59 Å². The van der Waals surface area contributed by atoms with E-state index in [2.05, 4.69) is 10.3 Å². The molecular weight excluding hydrogens is 415 g/mol. The molecule has 4 amide bonds. The Hall–Kier alpha value is -3.62. The Balaban J connectivity index is 1.37. The van der Waals surface area contributed by atoms with Crippen LogP contribution in [0.4, 0.5) is 10.1 Å². The molecule has 2 saturated heterocycles. The number of nitrogens with zero attached hydrogens (tertiary/aromatic N) is 3. The van der Waals surface area contributed by atoms with Crippen molar-refractivity contribution in [1.82, 2.24) is 15.2 Å². The molecule has 0 radical (unpaired) electrons. The van der Waals surface area contributed by atoms with Crippen LogP contribution in [0.25, 0.3) is 0 Å². The van der Waals surface area contributed by atoms with E-state index in [9.17, 15) is 23.6 Å². The molecule has 1 aromatic heterocycles. The Morgan fingerprint density at radius 2 is 1.69 bits per heavy atom. The lowest BCUT2D eigenvalue weighted by Crippen LogP contribution is -2.54. The van der Waals surface area contributed by atoms with Crippen LogP contribution < -0.4 is 10.2 Å². The van der Waals surface area contributed by atoms with Crippen molar-refractivity contribution in [3.63, 3.8) is 0 Å². The molecule has 5 rings (SSSR count). The number of nitrogens with one attached hydrogen (secondary N) is 1. The van der Waals surface area contributed by atoms with E-state index < -0.39 is 35.5 Å². The average Bonchev–Trinajstić information content (AvgIpc) is 3.03. The topological polar surface area (TPSA) is 99.7 Å². The van der Waals surface area contributed by atoms with Crippen molar-refractivity contribution in [2.45, 2.75) is 37.6 Å². The van der Waals surface area contributed by atoms with Gasteiger partial charge in [0.05, 0.1) is 16.8 Å². The normalized spacial score (nSPS) is 21.7. The highest BCUT2D eigenvalue weighted by molar-refractivity contribution is 6.23. The van der Waals surface area contributed by atoms with Crippen molar-refractivity contribution < 1.29 is 23.6 Å². The number of carbonyl (C=O) groups excluding carboxylic acids is 4. The maximum atomic E-state index is 15.0. The van der Waals surface area contributed by atoms with Gasteiger partial charge in [0.2, 0.25) is 11.8 Å². The molecule has 0 saturated carbocycles. The second-order valence-corrected chi connectivity index (χ2v) is 8.31. The molecule has 1 unspecified atom stereocenters. The summed E-state index contributed by atoms with van der Waals surface area (Å²) in [5, 5.41) is 2.15. The molecule has 0 aliphatic carbocycles. The number of pyridine rings is 1. The van der Waals surface area contributed by atoms with E-state index in [1.165, 1.54) is 6.07 Å². The number of anilines is 1. The number of aromatic nitrogens is 1. The summed E-state index contributed by atoms with van der Waals surface area (Å²) in [6.45, 7) is 1.19. The molecule has 3 aliphatic rings. The zero-order chi connectivity index (χ0) is 22.4. The summed E-state index contributed by atoms with van der Waals surface area (Å²) in [5.41, 5.74) is 1.32. The van der Waals surface area contributed by atoms with E-state index in [-0.39, 0.29) is 35.6 Å². The largest absolute Gasteiger partial charge is 0.369 e. The van der Waals surface area contributed by atoms with Gasteiger partial charge < -0.3 is 4.90 Å². The van der Waals surface area contributed by atoms with Crippen LogP contribution in [0.1, 0.15) is 58.0 Å². The molecule has 2 aromatic rings. The van der Waals surface area contributed by atoms with Gasteiger partial charge in [0.25, 0.3) is 11.8 Å². The molecule has 0 spiro atoms. The number of piperidine rings is 2. The van der Waals surface area contributed by atoms with Crippen LogP contribution >= 0.6 is 0 Å². The number of benzene rings is 1. The van der Waals surface area contributed by atoms with E-state index in [0.717, 1.165) is 29.5 Å². The molecule has 0 bridgehead atoms. The van der Waals surface area contributed by atoms with Crippen molar-refractivity contribution >= 4 is 29.3 Å². The van der Waals surface area contributed by atoms with Gasteiger partial charge in [0.1, 0.15) is 11.9 Å². The number of fused-ring (bicyclic) bond motifs is 1. The third-order valence-corrected chi connectivity index (χ3v) is 6.45. The Morgan fingerprint density at radius 1 is 0.969 bits per heavy atom. The molecule has 1 N–H and O–H groups in total. The minimum Gasteiger partial charge on any atom is -0.369 e. The van der Waals surface area contributed by atoms with Gasteiger partial charge in [-0.1, -0.05) is 6.07 Å².